The number of allylic oxidation sites excluding steroid dienone is 1. The molecule has 0 saturated heterocycles. The number of ether oxygens (including phenoxy) is 1. The highest BCUT2D eigenvalue weighted by molar-refractivity contribution is 5.60. The van der Waals surface area contributed by atoms with E-state index in [4.69, 9.17) is 16.2 Å². The minimum Gasteiger partial charge on any atom is -0.459 e. The number of hydrogen-bond donors (Lipinski definition) is 3. The summed E-state index contributed by atoms with van der Waals surface area (Å²) in [6.07, 6.45) is 2.22. The van der Waals surface area contributed by atoms with Crippen LogP contribution < -0.4 is 16.2 Å². The molecule has 0 heterocycles. The maximum Gasteiger partial charge on any atom is 0.217 e. The minimum absolute atomic E-state index is 0.411. The van der Waals surface area contributed by atoms with Crippen molar-refractivity contribution in [2.24, 2.45) is 0 Å². The fourth-order valence-electron chi connectivity index (χ4n) is 1.01. The van der Waals surface area contributed by atoms with Gasteiger partial charge in [-0.3, -0.25) is 0 Å². The van der Waals surface area contributed by atoms with E-state index in [9.17, 15) is 5.11 Å². The summed E-state index contributed by atoms with van der Waals surface area (Å²) in [7, 11) is 0. The summed E-state index contributed by atoms with van der Waals surface area (Å²) >= 11 is 0. The molecule has 14 heavy (non-hydrogen) atoms. The lowest BCUT2D eigenvalue weighted by Gasteiger charge is -2.11. The molecule has 76 valence electrons. The zero-order valence-electron chi connectivity index (χ0n) is 7.97. The van der Waals surface area contributed by atoms with Crippen molar-refractivity contribution >= 4 is 11.4 Å². The van der Waals surface area contributed by atoms with Crippen LogP contribution in [0.4, 0.5) is 11.4 Å². The van der Waals surface area contributed by atoms with E-state index in [-0.39, 0.29) is 0 Å². The van der Waals surface area contributed by atoms with Crippen molar-refractivity contribution in [1.29, 1.82) is 0 Å². The monoisotopic (exact) mass is 194 g/mol. The highest BCUT2D eigenvalue weighted by atomic mass is 16.6. The number of aliphatic hydroxyl groups excluding tert-OH is 1. The summed E-state index contributed by atoms with van der Waals surface area (Å²) < 4.78 is 5.13. The summed E-state index contributed by atoms with van der Waals surface area (Å²) in [5, 5.41) is 9.30. The maximum absolute atomic E-state index is 9.30. The van der Waals surface area contributed by atoms with Gasteiger partial charge in [0.2, 0.25) is 6.29 Å². The highest BCUT2D eigenvalue weighted by Crippen LogP contribution is 2.24. The first-order chi connectivity index (χ1) is 6.63. The van der Waals surface area contributed by atoms with E-state index in [1.807, 2.05) is 0 Å². The lowest BCUT2D eigenvalue weighted by atomic mass is 10.2. The molecule has 0 aliphatic rings. The van der Waals surface area contributed by atoms with Crippen LogP contribution in [0.1, 0.15) is 6.92 Å². The Morgan fingerprint density at radius 3 is 2.71 bits per heavy atom. The summed E-state index contributed by atoms with van der Waals surface area (Å²) in [4.78, 5) is 0. The van der Waals surface area contributed by atoms with E-state index in [1.165, 1.54) is 6.08 Å². The minimum atomic E-state index is -0.981. The van der Waals surface area contributed by atoms with Gasteiger partial charge in [-0.25, -0.2) is 0 Å². The Balaban J connectivity index is 2.76. The second-order valence-corrected chi connectivity index (χ2v) is 2.83. The van der Waals surface area contributed by atoms with Gasteiger partial charge >= 0.3 is 0 Å². The van der Waals surface area contributed by atoms with Crippen molar-refractivity contribution in [2.75, 3.05) is 11.5 Å². The number of aliphatic hydroxyl groups is 1. The zero-order chi connectivity index (χ0) is 10.6. The van der Waals surface area contributed by atoms with Crippen LogP contribution in [-0.4, -0.2) is 11.4 Å². The molecule has 0 fully saturated rings. The van der Waals surface area contributed by atoms with Gasteiger partial charge in [0.25, 0.3) is 0 Å². The summed E-state index contributed by atoms with van der Waals surface area (Å²) in [6, 6.07) is 4.86. The van der Waals surface area contributed by atoms with Gasteiger partial charge in [0.1, 0.15) is 5.75 Å². The van der Waals surface area contributed by atoms with Crippen molar-refractivity contribution < 1.29 is 9.84 Å². The molecule has 0 bridgehead atoms. The fourth-order valence-corrected chi connectivity index (χ4v) is 1.01. The number of nitrogen functional groups attached to an aromatic ring is 2. The van der Waals surface area contributed by atoms with Crippen LogP contribution in [0.3, 0.4) is 0 Å². The van der Waals surface area contributed by atoms with Gasteiger partial charge in [0.05, 0.1) is 5.69 Å². The predicted octanol–water partition coefficient (Wildman–Crippen LogP) is 1.12. The lowest BCUT2D eigenvalue weighted by Crippen LogP contribution is -2.12. The van der Waals surface area contributed by atoms with Gasteiger partial charge in [-0.05, 0) is 31.2 Å². The van der Waals surface area contributed by atoms with E-state index in [2.05, 4.69) is 0 Å². The molecule has 4 heteroatoms. The first-order valence-electron chi connectivity index (χ1n) is 4.26. The van der Waals surface area contributed by atoms with E-state index in [1.54, 1.807) is 31.2 Å². The third-order valence-corrected chi connectivity index (χ3v) is 1.64. The van der Waals surface area contributed by atoms with Gasteiger partial charge in [0.15, 0.2) is 0 Å². The first-order valence-corrected chi connectivity index (χ1v) is 4.26. The Hall–Kier alpha value is -1.68. The number of nitrogens with two attached hydrogens (primary N) is 2. The molecule has 5 N–H and O–H groups in total. The molecule has 1 aromatic carbocycles. The van der Waals surface area contributed by atoms with Crippen LogP contribution >= 0.6 is 0 Å². The van der Waals surface area contributed by atoms with Crippen molar-refractivity contribution in [1.82, 2.24) is 0 Å². The molecule has 0 spiro atoms. The van der Waals surface area contributed by atoms with E-state index < -0.39 is 6.29 Å². The summed E-state index contributed by atoms with van der Waals surface area (Å²) in [5.41, 5.74) is 12.1. The van der Waals surface area contributed by atoms with Crippen LogP contribution in [0.2, 0.25) is 0 Å². The SMILES string of the molecule is CC=CC(O)Oc1ccc(N)cc1N. The quantitative estimate of drug-likeness (QED) is 0.382. The standard InChI is InChI=1S/C10H14N2O2/c1-2-3-10(13)14-9-5-4-7(11)6-8(9)12/h2-6,10,13H,11-12H2,1H3. The number of anilines is 2. The molecule has 0 saturated carbocycles. The van der Waals surface area contributed by atoms with Crippen LogP contribution in [0.5, 0.6) is 5.75 Å². The lowest BCUT2D eigenvalue weighted by molar-refractivity contribution is 0.0253. The zero-order valence-corrected chi connectivity index (χ0v) is 7.97. The molecule has 1 rings (SSSR count). The highest BCUT2D eigenvalue weighted by Gasteiger charge is 2.04. The van der Waals surface area contributed by atoms with Crippen molar-refractivity contribution in [2.45, 2.75) is 13.2 Å². The second kappa shape index (κ2) is 4.53. The Morgan fingerprint density at radius 1 is 1.43 bits per heavy atom. The van der Waals surface area contributed by atoms with Gasteiger partial charge in [-0.1, -0.05) is 6.08 Å². The molecular formula is C10H14N2O2. The molecule has 1 aromatic rings. The Labute approximate surface area is 82.8 Å². The molecule has 0 aliphatic carbocycles. The average molecular weight is 194 g/mol. The molecule has 0 aromatic heterocycles. The number of benzene rings is 1. The van der Waals surface area contributed by atoms with Crippen molar-refractivity contribution in [3.05, 3.63) is 30.4 Å². The summed E-state index contributed by atoms with van der Waals surface area (Å²) in [6.45, 7) is 1.79. The molecule has 0 radical (unpaired) electrons. The van der Waals surface area contributed by atoms with Gasteiger partial charge in [-0.2, -0.15) is 0 Å². The van der Waals surface area contributed by atoms with Gasteiger partial charge in [0, 0.05) is 5.69 Å². The Kier molecular flexibility index (Phi) is 3.36. The Morgan fingerprint density at radius 2 is 2.14 bits per heavy atom. The fraction of sp³-hybridized carbons (Fsp3) is 0.200. The third-order valence-electron chi connectivity index (χ3n) is 1.64. The summed E-state index contributed by atoms with van der Waals surface area (Å²) in [5.74, 6) is 0.421. The first kappa shape index (κ1) is 10.4. The normalized spacial score (nSPS) is 13.0. The average Bonchev–Trinajstić information content (AvgIpc) is 2.10. The predicted molar refractivity (Wildman–Crippen MR) is 56.7 cm³/mol. The van der Waals surface area contributed by atoms with E-state index >= 15 is 0 Å². The van der Waals surface area contributed by atoms with E-state index in [0.717, 1.165) is 0 Å². The second-order valence-electron chi connectivity index (χ2n) is 2.83. The number of hydrogen-bond acceptors (Lipinski definition) is 4. The van der Waals surface area contributed by atoms with Crippen LogP contribution in [0.15, 0.2) is 30.4 Å². The third kappa shape index (κ3) is 2.67. The molecule has 4 nitrogen and oxygen atoms in total. The molecule has 0 aliphatic heterocycles. The van der Waals surface area contributed by atoms with Crippen LogP contribution in [0.25, 0.3) is 0 Å². The van der Waals surface area contributed by atoms with Crippen LogP contribution in [-0.2, 0) is 0 Å². The smallest absolute Gasteiger partial charge is 0.217 e. The van der Waals surface area contributed by atoms with Gasteiger partial charge in [-0.15, -0.1) is 0 Å². The van der Waals surface area contributed by atoms with Crippen molar-refractivity contribution in [3.63, 3.8) is 0 Å². The maximum atomic E-state index is 9.30. The molecule has 1 atom stereocenters. The largest absolute Gasteiger partial charge is 0.459 e. The van der Waals surface area contributed by atoms with Crippen LogP contribution in [0, 0.1) is 0 Å². The topological polar surface area (TPSA) is 81.5 Å². The Bertz CT molecular complexity index is 337. The molecule has 1 unspecified atom stereocenters. The van der Waals surface area contributed by atoms with Gasteiger partial charge < -0.3 is 21.3 Å². The molecular weight excluding hydrogens is 180 g/mol. The molecule has 0 amide bonds. The van der Waals surface area contributed by atoms with E-state index in [0.29, 0.717) is 17.1 Å². The van der Waals surface area contributed by atoms with Crippen molar-refractivity contribution in [3.8, 4) is 5.75 Å². The number of rotatable bonds is 3.